The summed E-state index contributed by atoms with van der Waals surface area (Å²) >= 11 is 0. The number of nitrogens with zero attached hydrogens (tertiary/aromatic N) is 4. The van der Waals surface area contributed by atoms with Crippen LogP contribution in [0.1, 0.15) is 19.9 Å². The van der Waals surface area contributed by atoms with E-state index < -0.39 is 10.0 Å². The number of anilines is 1. The highest BCUT2D eigenvalue weighted by atomic mass is 32.2. The second-order valence-corrected chi connectivity index (χ2v) is 7.04. The Morgan fingerprint density at radius 3 is 2.43 bits per heavy atom. The summed E-state index contributed by atoms with van der Waals surface area (Å²) in [6, 6.07) is 8.91. The second-order valence-electron chi connectivity index (χ2n) is 5.35. The van der Waals surface area contributed by atoms with E-state index in [4.69, 9.17) is 0 Å². The summed E-state index contributed by atoms with van der Waals surface area (Å²) < 4.78 is 30.6. The van der Waals surface area contributed by atoms with Gasteiger partial charge in [0.25, 0.3) is 10.0 Å². The van der Waals surface area contributed by atoms with Gasteiger partial charge in [0, 0.05) is 30.3 Å². The van der Waals surface area contributed by atoms with Gasteiger partial charge >= 0.3 is 0 Å². The van der Waals surface area contributed by atoms with E-state index in [1.807, 2.05) is 26.1 Å². The first kappa shape index (κ1) is 15.3. The first-order valence-electron chi connectivity index (χ1n) is 7.13. The number of hydrogen-bond acceptors (Lipinski definition) is 4. The summed E-state index contributed by atoms with van der Waals surface area (Å²) in [5.74, 6) is 0. The molecule has 8 heteroatoms. The van der Waals surface area contributed by atoms with Crippen LogP contribution in [-0.4, -0.2) is 28.0 Å². The molecule has 0 spiro atoms. The molecule has 0 amide bonds. The van der Waals surface area contributed by atoms with Gasteiger partial charge in [-0.2, -0.15) is 10.2 Å². The van der Waals surface area contributed by atoms with Gasteiger partial charge in [0.1, 0.15) is 4.90 Å². The van der Waals surface area contributed by atoms with Crippen LogP contribution in [0.2, 0.25) is 0 Å². The molecule has 0 aliphatic rings. The number of sulfonamides is 1. The molecule has 0 aliphatic heterocycles. The molecule has 0 unspecified atom stereocenters. The van der Waals surface area contributed by atoms with E-state index in [1.165, 1.54) is 12.4 Å². The Kier molecular flexibility index (Phi) is 3.91. The number of aromatic nitrogens is 4. The minimum absolute atomic E-state index is 0.104. The maximum Gasteiger partial charge on any atom is 0.265 e. The zero-order valence-corrected chi connectivity index (χ0v) is 13.6. The maximum atomic E-state index is 12.4. The molecule has 0 fully saturated rings. The van der Waals surface area contributed by atoms with Crippen LogP contribution in [0, 0.1) is 0 Å². The van der Waals surface area contributed by atoms with Crippen LogP contribution < -0.4 is 4.72 Å². The van der Waals surface area contributed by atoms with Crippen molar-refractivity contribution in [2.75, 3.05) is 4.72 Å². The summed E-state index contributed by atoms with van der Waals surface area (Å²) in [5.41, 5.74) is 1.34. The minimum atomic E-state index is -3.65. The van der Waals surface area contributed by atoms with Crippen molar-refractivity contribution < 1.29 is 8.42 Å². The summed E-state index contributed by atoms with van der Waals surface area (Å²) in [6.07, 6.45) is 6.37. The predicted molar refractivity (Wildman–Crippen MR) is 87.0 cm³/mol. The van der Waals surface area contributed by atoms with Gasteiger partial charge in [0.15, 0.2) is 0 Å². The lowest BCUT2D eigenvalue weighted by Gasteiger charge is -2.08. The van der Waals surface area contributed by atoms with Gasteiger partial charge in [-0.15, -0.1) is 0 Å². The van der Waals surface area contributed by atoms with Crippen molar-refractivity contribution in [1.29, 1.82) is 0 Å². The number of hydrogen-bond donors (Lipinski definition) is 1. The number of nitrogens with one attached hydrogen (secondary N) is 1. The summed E-state index contributed by atoms with van der Waals surface area (Å²) in [6.45, 7) is 3.87. The van der Waals surface area contributed by atoms with Gasteiger partial charge in [0.2, 0.25) is 0 Å². The smallest absolute Gasteiger partial charge is 0.265 e. The molecule has 3 rings (SSSR count). The van der Waals surface area contributed by atoms with Gasteiger partial charge in [-0.3, -0.25) is 9.40 Å². The maximum absolute atomic E-state index is 12.4. The van der Waals surface area contributed by atoms with Gasteiger partial charge < -0.3 is 0 Å². The third-order valence-electron chi connectivity index (χ3n) is 3.31. The molecular formula is C15H17N5O2S. The number of benzene rings is 1. The van der Waals surface area contributed by atoms with E-state index in [-0.39, 0.29) is 10.9 Å². The fourth-order valence-corrected chi connectivity index (χ4v) is 3.06. The van der Waals surface area contributed by atoms with E-state index in [2.05, 4.69) is 14.9 Å². The van der Waals surface area contributed by atoms with E-state index in [9.17, 15) is 8.42 Å². The largest absolute Gasteiger partial charge is 0.280 e. The topological polar surface area (TPSA) is 81.8 Å². The Balaban J connectivity index is 1.80. The normalized spacial score (nSPS) is 11.8. The van der Waals surface area contributed by atoms with E-state index in [1.54, 1.807) is 39.8 Å². The highest BCUT2D eigenvalue weighted by Crippen LogP contribution is 2.18. The summed E-state index contributed by atoms with van der Waals surface area (Å²) in [5, 5.41) is 8.18. The quantitative estimate of drug-likeness (QED) is 0.778. The highest BCUT2D eigenvalue weighted by molar-refractivity contribution is 7.92. The molecule has 0 saturated heterocycles. The van der Waals surface area contributed by atoms with Gasteiger partial charge in [0.05, 0.1) is 11.9 Å². The highest BCUT2D eigenvalue weighted by Gasteiger charge is 2.17. The van der Waals surface area contributed by atoms with Crippen molar-refractivity contribution in [3.63, 3.8) is 0 Å². The SMILES string of the molecule is CC(C)n1cc(S(=O)(=O)Nc2ccc(-n3cccn3)cc2)cn1. The molecule has 0 bridgehead atoms. The summed E-state index contributed by atoms with van der Waals surface area (Å²) in [7, 11) is -3.65. The molecule has 3 aromatic rings. The molecule has 0 atom stereocenters. The number of rotatable bonds is 5. The lowest BCUT2D eigenvalue weighted by Crippen LogP contribution is -2.12. The minimum Gasteiger partial charge on any atom is -0.280 e. The second kappa shape index (κ2) is 5.88. The van der Waals surface area contributed by atoms with Crippen molar-refractivity contribution in [3.8, 4) is 5.69 Å². The monoisotopic (exact) mass is 331 g/mol. The van der Waals surface area contributed by atoms with Crippen LogP contribution in [-0.2, 0) is 10.0 Å². The van der Waals surface area contributed by atoms with E-state index in [0.29, 0.717) is 5.69 Å². The van der Waals surface area contributed by atoms with Crippen molar-refractivity contribution in [2.24, 2.45) is 0 Å². The Morgan fingerprint density at radius 1 is 1.13 bits per heavy atom. The van der Waals surface area contributed by atoms with Crippen LogP contribution >= 0.6 is 0 Å². The summed E-state index contributed by atoms with van der Waals surface area (Å²) in [4.78, 5) is 0.141. The molecule has 1 N–H and O–H groups in total. The van der Waals surface area contributed by atoms with Crippen LogP contribution in [0.25, 0.3) is 5.69 Å². The van der Waals surface area contributed by atoms with E-state index >= 15 is 0 Å². The van der Waals surface area contributed by atoms with Crippen molar-refractivity contribution >= 4 is 15.7 Å². The van der Waals surface area contributed by atoms with Gasteiger partial charge in [-0.05, 0) is 44.2 Å². The first-order chi connectivity index (χ1) is 11.0. The molecule has 2 heterocycles. The molecule has 23 heavy (non-hydrogen) atoms. The van der Waals surface area contributed by atoms with Crippen molar-refractivity contribution in [2.45, 2.75) is 24.8 Å². The molecule has 0 saturated carbocycles. The fourth-order valence-electron chi connectivity index (χ4n) is 2.06. The lowest BCUT2D eigenvalue weighted by molar-refractivity contribution is 0.531. The lowest BCUT2D eigenvalue weighted by atomic mass is 10.3. The molecule has 2 aromatic heterocycles. The third-order valence-corrected chi connectivity index (χ3v) is 4.64. The molecule has 0 radical (unpaired) electrons. The zero-order valence-electron chi connectivity index (χ0n) is 12.8. The first-order valence-corrected chi connectivity index (χ1v) is 8.61. The van der Waals surface area contributed by atoms with Crippen LogP contribution in [0.15, 0.2) is 60.0 Å². The predicted octanol–water partition coefficient (Wildman–Crippen LogP) is 2.45. The zero-order chi connectivity index (χ0) is 16.4. The molecule has 7 nitrogen and oxygen atoms in total. The van der Waals surface area contributed by atoms with Crippen molar-refractivity contribution in [1.82, 2.24) is 19.6 Å². The fraction of sp³-hybridized carbons (Fsp3) is 0.200. The Labute approximate surface area is 134 Å². The van der Waals surface area contributed by atoms with Crippen molar-refractivity contribution in [3.05, 3.63) is 55.1 Å². The average Bonchev–Trinajstić information content (AvgIpc) is 3.20. The van der Waals surface area contributed by atoms with Crippen LogP contribution in [0.5, 0.6) is 0 Å². The molecular weight excluding hydrogens is 314 g/mol. The van der Waals surface area contributed by atoms with Gasteiger partial charge in [-0.25, -0.2) is 13.1 Å². The van der Waals surface area contributed by atoms with Crippen LogP contribution in [0.4, 0.5) is 5.69 Å². The van der Waals surface area contributed by atoms with Gasteiger partial charge in [-0.1, -0.05) is 0 Å². The Hall–Kier alpha value is -2.61. The standard InChI is InChI=1S/C15H17N5O2S/c1-12(2)20-11-15(10-17-20)23(21,22)18-13-4-6-14(7-5-13)19-9-3-8-16-19/h3-12,18H,1-2H3. The molecule has 120 valence electrons. The Bertz CT molecular complexity index is 880. The Morgan fingerprint density at radius 2 is 1.87 bits per heavy atom. The molecule has 0 aliphatic carbocycles. The van der Waals surface area contributed by atoms with E-state index in [0.717, 1.165) is 5.69 Å². The molecule has 1 aromatic carbocycles. The third kappa shape index (κ3) is 3.26. The average molecular weight is 331 g/mol. The van der Waals surface area contributed by atoms with Crippen LogP contribution in [0.3, 0.4) is 0 Å².